The van der Waals surface area contributed by atoms with Crippen molar-refractivity contribution >= 4 is 22.0 Å². The van der Waals surface area contributed by atoms with E-state index in [4.69, 9.17) is 0 Å². The summed E-state index contributed by atoms with van der Waals surface area (Å²) in [7, 11) is 0. The number of aliphatic hydroxyl groups is 1. The van der Waals surface area contributed by atoms with Gasteiger partial charge in [0.05, 0.1) is 6.10 Å². The molecule has 1 unspecified atom stereocenters. The van der Waals surface area contributed by atoms with Crippen molar-refractivity contribution in [3.05, 3.63) is 75.8 Å². The SMILES string of the molecule is OC1CN(C/C=C/c2ccc(Br)cc2)CCc2ccccc21. The molecule has 3 heteroatoms. The fourth-order valence-electron chi connectivity index (χ4n) is 2.88. The molecule has 22 heavy (non-hydrogen) atoms. The normalized spacial score (nSPS) is 19.1. The molecule has 0 amide bonds. The zero-order chi connectivity index (χ0) is 15.4. The van der Waals surface area contributed by atoms with E-state index in [1.807, 2.05) is 24.3 Å². The van der Waals surface area contributed by atoms with Gasteiger partial charge in [0.1, 0.15) is 0 Å². The van der Waals surface area contributed by atoms with Gasteiger partial charge in [-0.25, -0.2) is 0 Å². The quantitative estimate of drug-likeness (QED) is 0.895. The third kappa shape index (κ3) is 3.86. The molecule has 3 rings (SSSR count). The van der Waals surface area contributed by atoms with Crippen LogP contribution in [0.4, 0.5) is 0 Å². The largest absolute Gasteiger partial charge is 0.387 e. The van der Waals surface area contributed by atoms with E-state index < -0.39 is 0 Å². The topological polar surface area (TPSA) is 23.5 Å². The van der Waals surface area contributed by atoms with Gasteiger partial charge in [-0.2, -0.15) is 0 Å². The van der Waals surface area contributed by atoms with Crippen LogP contribution in [0, 0.1) is 0 Å². The molecule has 0 saturated heterocycles. The standard InChI is InChI=1S/C19H20BrNO/c20-17-9-7-15(8-10-17)4-3-12-21-13-11-16-5-1-2-6-18(16)19(22)14-21/h1-10,19,22H,11-14H2/b4-3+. The van der Waals surface area contributed by atoms with E-state index in [0.717, 1.165) is 29.5 Å². The van der Waals surface area contributed by atoms with Crippen molar-refractivity contribution in [2.75, 3.05) is 19.6 Å². The van der Waals surface area contributed by atoms with Crippen molar-refractivity contribution < 1.29 is 5.11 Å². The average Bonchev–Trinajstić information content (AvgIpc) is 2.69. The average molecular weight is 358 g/mol. The third-order valence-corrected chi connectivity index (χ3v) is 4.62. The van der Waals surface area contributed by atoms with Crippen molar-refractivity contribution in [3.8, 4) is 0 Å². The Kier molecular flexibility index (Phi) is 5.08. The monoisotopic (exact) mass is 357 g/mol. The molecule has 2 aromatic carbocycles. The predicted molar refractivity (Wildman–Crippen MR) is 94.7 cm³/mol. The fraction of sp³-hybridized carbons (Fsp3) is 0.263. The minimum atomic E-state index is -0.389. The Morgan fingerprint density at radius 1 is 1.14 bits per heavy atom. The minimum Gasteiger partial charge on any atom is -0.387 e. The van der Waals surface area contributed by atoms with E-state index in [1.165, 1.54) is 11.1 Å². The molecule has 0 aliphatic carbocycles. The van der Waals surface area contributed by atoms with Crippen LogP contribution < -0.4 is 0 Å². The second kappa shape index (κ2) is 7.23. The Morgan fingerprint density at radius 2 is 1.91 bits per heavy atom. The van der Waals surface area contributed by atoms with Gasteiger partial charge in [-0.1, -0.05) is 64.5 Å². The van der Waals surface area contributed by atoms with E-state index in [9.17, 15) is 5.11 Å². The summed E-state index contributed by atoms with van der Waals surface area (Å²) in [4.78, 5) is 2.31. The van der Waals surface area contributed by atoms with Crippen molar-refractivity contribution in [1.29, 1.82) is 0 Å². The van der Waals surface area contributed by atoms with Crippen LogP contribution in [-0.2, 0) is 6.42 Å². The van der Waals surface area contributed by atoms with Gasteiger partial charge >= 0.3 is 0 Å². The number of hydrogen-bond acceptors (Lipinski definition) is 2. The molecular formula is C19H20BrNO. The zero-order valence-corrected chi connectivity index (χ0v) is 14.0. The first-order chi connectivity index (χ1) is 10.7. The molecule has 0 aromatic heterocycles. The van der Waals surface area contributed by atoms with Crippen molar-refractivity contribution in [3.63, 3.8) is 0 Å². The maximum atomic E-state index is 10.4. The maximum absolute atomic E-state index is 10.4. The number of hydrogen-bond donors (Lipinski definition) is 1. The van der Waals surface area contributed by atoms with Crippen molar-refractivity contribution in [1.82, 2.24) is 4.90 Å². The third-order valence-electron chi connectivity index (χ3n) is 4.09. The molecule has 0 spiro atoms. The lowest BCUT2D eigenvalue weighted by Gasteiger charge is -2.20. The molecule has 114 valence electrons. The molecule has 0 radical (unpaired) electrons. The molecule has 1 N–H and O–H groups in total. The van der Waals surface area contributed by atoms with Crippen LogP contribution in [0.2, 0.25) is 0 Å². The van der Waals surface area contributed by atoms with E-state index in [-0.39, 0.29) is 6.10 Å². The number of fused-ring (bicyclic) bond motifs is 1. The number of aliphatic hydroxyl groups excluding tert-OH is 1. The van der Waals surface area contributed by atoms with Crippen molar-refractivity contribution in [2.45, 2.75) is 12.5 Å². The first-order valence-electron chi connectivity index (χ1n) is 7.63. The molecule has 2 nitrogen and oxygen atoms in total. The van der Waals surface area contributed by atoms with E-state index in [1.54, 1.807) is 0 Å². The second-order valence-electron chi connectivity index (χ2n) is 5.68. The summed E-state index contributed by atoms with van der Waals surface area (Å²) in [5, 5.41) is 10.4. The summed E-state index contributed by atoms with van der Waals surface area (Å²) in [6.45, 7) is 2.54. The number of nitrogens with zero attached hydrogens (tertiary/aromatic N) is 1. The molecular weight excluding hydrogens is 338 g/mol. The Morgan fingerprint density at radius 3 is 2.73 bits per heavy atom. The highest BCUT2D eigenvalue weighted by Gasteiger charge is 2.19. The van der Waals surface area contributed by atoms with Gasteiger partial charge in [0.15, 0.2) is 0 Å². The van der Waals surface area contributed by atoms with Crippen LogP contribution in [0.15, 0.2) is 59.1 Å². The van der Waals surface area contributed by atoms with Crippen LogP contribution in [0.1, 0.15) is 22.8 Å². The summed E-state index contributed by atoms with van der Waals surface area (Å²) in [5.74, 6) is 0. The fourth-order valence-corrected chi connectivity index (χ4v) is 3.14. The van der Waals surface area contributed by atoms with Gasteiger partial charge in [-0.3, -0.25) is 4.90 Å². The molecule has 1 aliphatic heterocycles. The number of benzene rings is 2. The van der Waals surface area contributed by atoms with Gasteiger partial charge in [0.25, 0.3) is 0 Å². The lowest BCUT2D eigenvalue weighted by Crippen LogP contribution is -2.28. The van der Waals surface area contributed by atoms with Gasteiger partial charge in [-0.05, 0) is 35.2 Å². The molecule has 0 saturated carbocycles. The molecule has 0 bridgehead atoms. The van der Waals surface area contributed by atoms with Crippen LogP contribution in [0.5, 0.6) is 0 Å². The predicted octanol–water partition coefficient (Wildman–Crippen LogP) is 4.05. The Balaban J connectivity index is 1.61. The lowest BCUT2D eigenvalue weighted by atomic mass is 10.0. The maximum Gasteiger partial charge on any atom is 0.0919 e. The first-order valence-corrected chi connectivity index (χ1v) is 8.42. The van der Waals surface area contributed by atoms with Gasteiger partial charge in [-0.15, -0.1) is 0 Å². The molecule has 1 aliphatic rings. The Labute approximate surface area is 140 Å². The van der Waals surface area contributed by atoms with Gasteiger partial charge in [0, 0.05) is 24.1 Å². The number of halogens is 1. The Bertz CT molecular complexity index is 651. The number of β-amino-alcohol motifs (C(OH)–C–C–N with tert-alkyl or cyclic N) is 1. The van der Waals surface area contributed by atoms with E-state index in [2.05, 4.69) is 57.2 Å². The van der Waals surface area contributed by atoms with Crippen molar-refractivity contribution in [2.24, 2.45) is 0 Å². The number of rotatable bonds is 3. The van der Waals surface area contributed by atoms with E-state index in [0.29, 0.717) is 6.54 Å². The van der Waals surface area contributed by atoms with Crippen LogP contribution in [0.3, 0.4) is 0 Å². The van der Waals surface area contributed by atoms with E-state index >= 15 is 0 Å². The summed E-state index contributed by atoms with van der Waals surface area (Å²) >= 11 is 3.45. The summed E-state index contributed by atoms with van der Waals surface area (Å²) in [6, 6.07) is 16.5. The Hall–Kier alpha value is -1.42. The highest BCUT2D eigenvalue weighted by Crippen LogP contribution is 2.23. The lowest BCUT2D eigenvalue weighted by molar-refractivity contribution is 0.126. The highest BCUT2D eigenvalue weighted by molar-refractivity contribution is 9.10. The van der Waals surface area contributed by atoms with Gasteiger partial charge in [0.2, 0.25) is 0 Å². The smallest absolute Gasteiger partial charge is 0.0919 e. The summed E-state index contributed by atoms with van der Waals surface area (Å²) in [5.41, 5.74) is 3.55. The zero-order valence-electron chi connectivity index (χ0n) is 12.5. The molecule has 1 atom stereocenters. The van der Waals surface area contributed by atoms with Gasteiger partial charge < -0.3 is 5.11 Å². The second-order valence-corrected chi connectivity index (χ2v) is 6.59. The van der Waals surface area contributed by atoms with Crippen LogP contribution in [0.25, 0.3) is 6.08 Å². The molecule has 1 heterocycles. The highest BCUT2D eigenvalue weighted by atomic mass is 79.9. The van der Waals surface area contributed by atoms with Crippen LogP contribution >= 0.6 is 15.9 Å². The first kappa shape index (κ1) is 15.5. The van der Waals surface area contributed by atoms with Crippen LogP contribution in [-0.4, -0.2) is 29.6 Å². The summed E-state index contributed by atoms with van der Waals surface area (Å²) in [6.07, 6.45) is 4.92. The molecule has 0 fully saturated rings. The molecule has 2 aromatic rings. The minimum absolute atomic E-state index is 0.389. The summed E-state index contributed by atoms with van der Waals surface area (Å²) < 4.78 is 1.10.